The number of hydrogen-bond donors (Lipinski definition) is 0. The fourth-order valence-corrected chi connectivity index (χ4v) is 4.13. The van der Waals surface area contributed by atoms with Crippen molar-refractivity contribution in [2.75, 3.05) is 0 Å². The summed E-state index contributed by atoms with van der Waals surface area (Å²) in [5, 5.41) is -0.300. The van der Waals surface area contributed by atoms with Gasteiger partial charge in [0.2, 0.25) is 0 Å². The quantitative estimate of drug-likeness (QED) is 0.369. The monoisotopic (exact) mass is 497 g/mol. The number of carbonyl (C=O) groups is 2. The van der Waals surface area contributed by atoms with Gasteiger partial charge in [-0.3, -0.25) is 14.5 Å². The highest BCUT2D eigenvalue weighted by molar-refractivity contribution is 9.10. The van der Waals surface area contributed by atoms with Crippen molar-refractivity contribution in [2.45, 2.75) is 13.2 Å². The molecule has 3 aromatic carbocycles. The first-order chi connectivity index (χ1) is 15.0. The van der Waals surface area contributed by atoms with Gasteiger partial charge in [-0.25, -0.2) is 4.39 Å². The summed E-state index contributed by atoms with van der Waals surface area (Å²) in [5.41, 5.74) is 2.05. The smallest absolute Gasteiger partial charge is 0.293 e. The van der Waals surface area contributed by atoms with E-state index in [2.05, 4.69) is 15.9 Å². The first-order valence-corrected chi connectivity index (χ1v) is 11.1. The van der Waals surface area contributed by atoms with Gasteiger partial charge < -0.3 is 4.74 Å². The first kappa shape index (κ1) is 21.3. The summed E-state index contributed by atoms with van der Waals surface area (Å²) in [6, 6.07) is 21.0. The van der Waals surface area contributed by atoms with Gasteiger partial charge in [0.1, 0.15) is 18.2 Å². The maximum Gasteiger partial charge on any atom is 0.293 e. The van der Waals surface area contributed by atoms with Crippen LogP contribution >= 0.6 is 27.7 Å². The van der Waals surface area contributed by atoms with E-state index in [1.165, 1.54) is 11.0 Å². The maximum atomic E-state index is 13.8. The maximum absolute atomic E-state index is 13.8. The number of halogens is 2. The molecule has 0 N–H and O–H groups in total. The molecule has 1 fully saturated rings. The van der Waals surface area contributed by atoms with E-state index >= 15 is 0 Å². The average Bonchev–Trinajstić information content (AvgIpc) is 3.02. The molecule has 0 spiro atoms. The number of amides is 2. The van der Waals surface area contributed by atoms with Crippen LogP contribution in [0.4, 0.5) is 9.18 Å². The predicted octanol–water partition coefficient (Wildman–Crippen LogP) is 6.40. The number of hydrogen-bond acceptors (Lipinski definition) is 4. The van der Waals surface area contributed by atoms with E-state index in [0.717, 1.165) is 27.4 Å². The SMILES string of the molecule is O=C1S/C(=C/c2cccc(OCc3ccccc3F)c2)C(=O)N1Cc1ccc(Br)cc1. The summed E-state index contributed by atoms with van der Waals surface area (Å²) < 4.78 is 20.4. The number of nitrogens with zero attached hydrogens (tertiary/aromatic N) is 1. The highest BCUT2D eigenvalue weighted by Gasteiger charge is 2.34. The molecule has 0 atom stereocenters. The fraction of sp³-hybridized carbons (Fsp3) is 0.0833. The topological polar surface area (TPSA) is 46.6 Å². The van der Waals surface area contributed by atoms with Gasteiger partial charge in [-0.1, -0.05) is 58.4 Å². The van der Waals surface area contributed by atoms with Crippen LogP contribution in [-0.4, -0.2) is 16.0 Å². The lowest BCUT2D eigenvalue weighted by molar-refractivity contribution is -0.123. The molecule has 3 aromatic rings. The molecule has 0 radical (unpaired) electrons. The van der Waals surface area contributed by atoms with Crippen molar-refractivity contribution in [1.29, 1.82) is 0 Å². The highest BCUT2D eigenvalue weighted by atomic mass is 79.9. The molecule has 7 heteroatoms. The summed E-state index contributed by atoms with van der Waals surface area (Å²) in [6.45, 7) is 0.320. The van der Waals surface area contributed by atoms with Gasteiger partial charge in [-0.05, 0) is 59.3 Å². The standard InChI is InChI=1S/C24H17BrFNO3S/c25-19-10-8-16(9-11-19)14-27-23(28)22(31-24(27)29)13-17-4-3-6-20(12-17)30-15-18-5-1-2-7-21(18)26/h1-13H,14-15H2/b22-13+. The molecule has 0 saturated carbocycles. The van der Waals surface area contributed by atoms with E-state index in [4.69, 9.17) is 4.74 Å². The minimum atomic E-state index is -0.324. The second kappa shape index (κ2) is 9.49. The Balaban J connectivity index is 1.46. The summed E-state index contributed by atoms with van der Waals surface area (Å²) in [5.74, 6) is -0.0974. The lowest BCUT2D eigenvalue weighted by Crippen LogP contribution is -2.27. The molecule has 0 bridgehead atoms. The molecule has 0 aliphatic carbocycles. The molecule has 1 saturated heterocycles. The van der Waals surface area contributed by atoms with Crippen molar-refractivity contribution in [1.82, 2.24) is 4.90 Å². The van der Waals surface area contributed by atoms with Crippen molar-refractivity contribution in [2.24, 2.45) is 0 Å². The molecule has 2 amide bonds. The zero-order valence-corrected chi connectivity index (χ0v) is 18.7. The van der Waals surface area contributed by atoms with E-state index in [9.17, 15) is 14.0 Å². The Morgan fingerprint density at radius 2 is 1.77 bits per heavy atom. The largest absolute Gasteiger partial charge is 0.489 e. The number of benzene rings is 3. The Kier molecular flexibility index (Phi) is 6.53. The molecule has 4 rings (SSSR count). The summed E-state index contributed by atoms with van der Waals surface area (Å²) in [6.07, 6.45) is 1.67. The Morgan fingerprint density at radius 1 is 1.00 bits per heavy atom. The van der Waals surface area contributed by atoms with Crippen LogP contribution < -0.4 is 4.74 Å². The average molecular weight is 498 g/mol. The van der Waals surface area contributed by atoms with E-state index in [0.29, 0.717) is 16.2 Å². The molecule has 31 heavy (non-hydrogen) atoms. The van der Waals surface area contributed by atoms with Crippen LogP contribution in [0.2, 0.25) is 0 Å². The zero-order valence-electron chi connectivity index (χ0n) is 16.3. The third-order valence-electron chi connectivity index (χ3n) is 4.64. The minimum absolute atomic E-state index is 0.0971. The van der Waals surface area contributed by atoms with Crippen LogP contribution in [0.1, 0.15) is 16.7 Å². The number of imide groups is 1. The zero-order chi connectivity index (χ0) is 21.8. The van der Waals surface area contributed by atoms with Crippen molar-refractivity contribution in [3.05, 3.63) is 105 Å². The molecule has 156 valence electrons. The number of thioether (sulfide) groups is 1. The number of ether oxygens (including phenoxy) is 1. The minimum Gasteiger partial charge on any atom is -0.489 e. The van der Waals surface area contributed by atoms with Crippen LogP contribution in [0.25, 0.3) is 6.08 Å². The van der Waals surface area contributed by atoms with E-state index in [-0.39, 0.29) is 30.1 Å². The molecule has 1 heterocycles. The van der Waals surface area contributed by atoms with E-state index in [1.54, 1.807) is 42.5 Å². The molecule has 0 aromatic heterocycles. The molecule has 1 aliphatic rings. The van der Waals surface area contributed by atoms with Crippen LogP contribution in [0, 0.1) is 5.82 Å². The summed E-state index contributed by atoms with van der Waals surface area (Å²) in [7, 11) is 0. The van der Waals surface area contributed by atoms with Crippen molar-refractivity contribution >= 4 is 44.9 Å². The Labute approximate surface area is 191 Å². The molecule has 1 aliphatic heterocycles. The summed E-state index contributed by atoms with van der Waals surface area (Å²) >= 11 is 4.29. The van der Waals surface area contributed by atoms with E-state index < -0.39 is 0 Å². The van der Waals surface area contributed by atoms with Crippen LogP contribution in [0.15, 0.2) is 82.2 Å². The van der Waals surface area contributed by atoms with Gasteiger partial charge in [0.15, 0.2) is 0 Å². The van der Waals surface area contributed by atoms with Crippen LogP contribution in [0.5, 0.6) is 5.75 Å². The van der Waals surface area contributed by atoms with Gasteiger partial charge in [0.25, 0.3) is 11.1 Å². The second-order valence-electron chi connectivity index (χ2n) is 6.85. The van der Waals surface area contributed by atoms with Gasteiger partial charge >= 0.3 is 0 Å². The Morgan fingerprint density at radius 3 is 2.55 bits per heavy atom. The third-order valence-corrected chi connectivity index (χ3v) is 6.07. The Bertz CT molecular complexity index is 1160. The molecular formula is C24H17BrFNO3S. The molecule has 0 unspecified atom stereocenters. The predicted molar refractivity (Wildman–Crippen MR) is 123 cm³/mol. The lowest BCUT2D eigenvalue weighted by Gasteiger charge is -2.12. The number of rotatable bonds is 6. The lowest BCUT2D eigenvalue weighted by atomic mass is 10.2. The second-order valence-corrected chi connectivity index (χ2v) is 8.76. The van der Waals surface area contributed by atoms with Gasteiger partial charge in [0.05, 0.1) is 11.4 Å². The summed E-state index contributed by atoms with van der Waals surface area (Å²) in [4.78, 5) is 26.7. The van der Waals surface area contributed by atoms with Crippen LogP contribution in [0.3, 0.4) is 0 Å². The Hall–Kier alpha value is -2.90. The number of carbonyl (C=O) groups excluding carboxylic acids is 2. The van der Waals surface area contributed by atoms with Crippen molar-refractivity contribution in [3.63, 3.8) is 0 Å². The first-order valence-electron chi connectivity index (χ1n) is 9.46. The van der Waals surface area contributed by atoms with Crippen molar-refractivity contribution in [3.8, 4) is 5.75 Å². The van der Waals surface area contributed by atoms with E-state index in [1.807, 2.05) is 30.3 Å². The fourth-order valence-electron chi connectivity index (χ4n) is 3.03. The highest BCUT2D eigenvalue weighted by Crippen LogP contribution is 2.34. The third kappa shape index (κ3) is 5.24. The molecular weight excluding hydrogens is 481 g/mol. The van der Waals surface area contributed by atoms with Crippen molar-refractivity contribution < 1.29 is 18.7 Å². The van der Waals surface area contributed by atoms with Gasteiger partial charge in [-0.2, -0.15) is 0 Å². The van der Waals surface area contributed by atoms with Gasteiger partial charge in [0, 0.05) is 10.0 Å². The van der Waals surface area contributed by atoms with Gasteiger partial charge in [-0.15, -0.1) is 0 Å². The normalized spacial score (nSPS) is 15.0. The molecule has 4 nitrogen and oxygen atoms in total. The van der Waals surface area contributed by atoms with Crippen LogP contribution in [-0.2, 0) is 17.9 Å².